The molecule has 1 N–H and O–H groups in total. The first kappa shape index (κ1) is 17.0. The molecule has 21 heavy (non-hydrogen) atoms. The van der Waals surface area contributed by atoms with Crippen molar-refractivity contribution >= 4 is 33.2 Å². The summed E-state index contributed by atoms with van der Waals surface area (Å²) >= 11 is 12.0. The lowest BCUT2D eigenvalue weighted by atomic mass is 10.0. The van der Waals surface area contributed by atoms with E-state index in [1.807, 2.05) is 18.2 Å². The topological polar surface area (TPSA) is 49.4 Å². The van der Waals surface area contributed by atoms with Crippen molar-refractivity contribution in [2.24, 2.45) is 0 Å². The van der Waals surface area contributed by atoms with Crippen LogP contribution < -0.4 is 4.72 Å². The zero-order valence-corrected chi connectivity index (χ0v) is 14.5. The first-order valence-corrected chi connectivity index (χ1v) is 9.57. The van der Waals surface area contributed by atoms with Crippen LogP contribution in [0.2, 0.25) is 10.0 Å². The van der Waals surface area contributed by atoms with Gasteiger partial charge in [0.1, 0.15) is 0 Å². The van der Waals surface area contributed by atoms with Gasteiger partial charge < -0.3 is 0 Å². The number of rotatable bonds is 4. The second-order valence-electron chi connectivity index (χ2n) is 5.55. The van der Waals surface area contributed by atoms with Crippen molar-refractivity contribution in [3.05, 3.63) is 33.8 Å². The molecule has 0 amide bonds. The Morgan fingerprint density at radius 2 is 1.86 bits per heavy atom. The predicted octanol–water partition coefficient (Wildman–Crippen LogP) is 3.07. The van der Waals surface area contributed by atoms with Crippen LogP contribution >= 0.6 is 23.2 Å². The number of benzene rings is 1. The number of sulfonamides is 1. The highest BCUT2D eigenvalue weighted by molar-refractivity contribution is 7.88. The lowest BCUT2D eigenvalue weighted by Gasteiger charge is -2.36. The number of halogens is 2. The molecule has 0 bridgehead atoms. The standard InChI is InChI=1S/C14H20Cl2N2O2S/c1-10(11-3-4-13(15)14(16)9-11)18-7-5-12(6-8-18)17-21(2,19)20/h3-4,9-10,12,17H,5-8H2,1-2H3. The molecule has 1 aliphatic heterocycles. The van der Waals surface area contributed by atoms with E-state index in [0.717, 1.165) is 31.5 Å². The number of likely N-dealkylation sites (tertiary alicyclic amines) is 1. The molecule has 1 aromatic carbocycles. The van der Waals surface area contributed by atoms with Gasteiger partial charge in [-0.2, -0.15) is 0 Å². The van der Waals surface area contributed by atoms with Gasteiger partial charge in [-0.3, -0.25) is 4.90 Å². The van der Waals surface area contributed by atoms with E-state index in [-0.39, 0.29) is 12.1 Å². The average molecular weight is 351 g/mol. The minimum atomic E-state index is -3.12. The maximum atomic E-state index is 11.3. The van der Waals surface area contributed by atoms with Crippen LogP contribution in [-0.4, -0.2) is 38.7 Å². The highest BCUT2D eigenvalue weighted by atomic mass is 35.5. The van der Waals surface area contributed by atoms with E-state index in [1.165, 1.54) is 6.26 Å². The summed E-state index contributed by atoms with van der Waals surface area (Å²) < 4.78 is 25.2. The third-order valence-corrected chi connectivity index (χ3v) is 5.38. The molecule has 0 saturated carbocycles. The molecule has 1 aliphatic rings. The van der Waals surface area contributed by atoms with Crippen LogP contribution in [0, 0.1) is 0 Å². The fourth-order valence-electron chi connectivity index (χ4n) is 2.69. The van der Waals surface area contributed by atoms with Gasteiger partial charge in [0.2, 0.25) is 10.0 Å². The van der Waals surface area contributed by atoms with Crippen LogP contribution in [0.25, 0.3) is 0 Å². The Hall–Kier alpha value is -0.330. The largest absolute Gasteiger partial charge is 0.296 e. The van der Waals surface area contributed by atoms with Crippen LogP contribution in [-0.2, 0) is 10.0 Å². The van der Waals surface area contributed by atoms with Crippen molar-refractivity contribution < 1.29 is 8.42 Å². The average Bonchev–Trinajstić information content (AvgIpc) is 2.40. The Balaban J connectivity index is 1.96. The summed E-state index contributed by atoms with van der Waals surface area (Å²) in [7, 11) is -3.12. The predicted molar refractivity (Wildman–Crippen MR) is 87.5 cm³/mol. The van der Waals surface area contributed by atoms with Crippen molar-refractivity contribution in [1.29, 1.82) is 0 Å². The lowest BCUT2D eigenvalue weighted by molar-refractivity contribution is 0.159. The Kier molecular flexibility index (Phi) is 5.54. The van der Waals surface area contributed by atoms with Crippen LogP contribution in [0.1, 0.15) is 31.4 Å². The molecule has 1 unspecified atom stereocenters. The minimum Gasteiger partial charge on any atom is -0.296 e. The highest BCUT2D eigenvalue weighted by Gasteiger charge is 2.25. The first-order valence-electron chi connectivity index (χ1n) is 6.92. The number of piperidine rings is 1. The maximum absolute atomic E-state index is 11.3. The summed E-state index contributed by atoms with van der Waals surface area (Å²) in [5.74, 6) is 0. The Morgan fingerprint density at radius 1 is 1.24 bits per heavy atom. The van der Waals surface area contributed by atoms with Crippen LogP contribution in [0.3, 0.4) is 0 Å². The first-order chi connectivity index (χ1) is 9.76. The fraction of sp³-hybridized carbons (Fsp3) is 0.571. The monoisotopic (exact) mass is 350 g/mol. The summed E-state index contributed by atoms with van der Waals surface area (Å²) in [6.45, 7) is 3.84. The van der Waals surface area contributed by atoms with E-state index < -0.39 is 10.0 Å². The Labute approximate surface area is 136 Å². The van der Waals surface area contributed by atoms with Crippen molar-refractivity contribution in [2.45, 2.75) is 31.8 Å². The van der Waals surface area contributed by atoms with E-state index in [0.29, 0.717) is 10.0 Å². The molecule has 1 atom stereocenters. The molecule has 0 spiro atoms. The molecule has 118 valence electrons. The number of nitrogens with zero attached hydrogens (tertiary/aromatic N) is 1. The van der Waals surface area contributed by atoms with Gasteiger partial charge in [0.05, 0.1) is 16.3 Å². The summed E-state index contributed by atoms with van der Waals surface area (Å²) in [6, 6.07) is 5.97. The van der Waals surface area contributed by atoms with Gasteiger partial charge >= 0.3 is 0 Å². The third kappa shape index (κ3) is 4.83. The third-order valence-electron chi connectivity index (χ3n) is 3.88. The smallest absolute Gasteiger partial charge is 0.208 e. The molecule has 1 fully saturated rings. The molecule has 1 heterocycles. The molecule has 2 rings (SSSR count). The van der Waals surface area contributed by atoms with Gasteiger partial charge in [0.25, 0.3) is 0 Å². The van der Waals surface area contributed by atoms with Gasteiger partial charge in [-0.1, -0.05) is 29.3 Å². The molecule has 1 aromatic rings. The molecule has 0 radical (unpaired) electrons. The lowest BCUT2D eigenvalue weighted by Crippen LogP contribution is -2.44. The molecule has 0 aliphatic carbocycles. The SMILES string of the molecule is CC(c1ccc(Cl)c(Cl)c1)N1CCC(NS(C)(=O)=O)CC1. The normalized spacial score (nSPS) is 19.6. The second kappa shape index (κ2) is 6.84. The molecular formula is C14H20Cl2N2O2S. The van der Waals surface area contributed by atoms with E-state index in [2.05, 4.69) is 16.5 Å². The molecule has 4 nitrogen and oxygen atoms in total. The van der Waals surface area contributed by atoms with Gasteiger partial charge in [-0.05, 0) is 37.5 Å². The molecule has 1 saturated heterocycles. The van der Waals surface area contributed by atoms with Gasteiger partial charge in [0.15, 0.2) is 0 Å². The zero-order valence-electron chi connectivity index (χ0n) is 12.1. The number of hydrogen-bond donors (Lipinski definition) is 1. The molecule has 7 heteroatoms. The van der Waals surface area contributed by atoms with Gasteiger partial charge in [-0.15, -0.1) is 0 Å². The zero-order chi connectivity index (χ0) is 15.6. The van der Waals surface area contributed by atoms with Crippen molar-refractivity contribution in [1.82, 2.24) is 9.62 Å². The van der Waals surface area contributed by atoms with Crippen LogP contribution in [0.5, 0.6) is 0 Å². The van der Waals surface area contributed by atoms with Crippen molar-refractivity contribution in [2.75, 3.05) is 19.3 Å². The van der Waals surface area contributed by atoms with E-state index in [9.17, 15) is 8.42 Å². The van der Waals surface area contributed by atoms with E-state index >= 15 is 0 Å². The minimum absolute atomic E-state index is 0.0391. The maximum Gasteiger partial charge on any atom is 0.208 e. The van der Waals surface area contributed by atoms with Gasteiger partial charge in [0, 0.05) is 25.2 Å². The number of nitrogens with one attached hydrogen (secondary N) is 1. The van der Waals surface area contributed by atoms with Crippen LogP contribution in [0.15, 0.2) is 18.2 Å². The summed E-state index contributed by atoms with van der Waals surface area (Å²) in [6.07, 6.45) is 2.84. The Bertz CT molecular complexity index is 599. The number of hydrogen-bond acceptors (Lipinski definition) is 3. The quantitative estimate of drug-likeness (QED) is 0.907. The second-order valence-corrected chi connectivity index (χ2v) is 8.14. The summed E-state index contributed by atoms with van der Waals surface area (Å²) in [5, 5.41) is 1.12. The summed E-state index contributed by atoms with van der Waals surface area (Å²) in [5.41, 5.74) is 1.12. The van der Waals surface area contributed by atoms with E-state index in [4.69, 9.17) is 23.2 Å². The Morgan fingerprint density at radius 3 is 2.38 bits per heavy atom. The van der Waals surface area contributed by atoms with Crippen molar-refractivity contribution in [3.63, 3.8) is 0 Å². The highest BCUT2D eigenvalue weighted by Crippen LogP contribution is 2.29. The molecule has 0 aromatic heterocycles. The van der Waals surface area contributed by atoms with Crippen molar-refractivity contribution in [3.8, 4) is 0 Å². The van der Waals surface area contributed by atoms with Crippen LogP contribution in [0.4, 0.5) is 0 Å². The fourth-order valence-corrected chi connectivity index (χ4v) is 3.84. The molecular weight excluding hydrogens is 331 g/mol. The van der Waals surface area contributed by atoms with Gasteiger partial charge in [-0.25, -0.2) is 13.1 Å². The van der Waals surface area contributed by atoms with E-state index in [1.54, 1.807) is 0 Å². The summed E-state index contributed by atoms with van der Waals surface area (Å²) in [4.78, 5) is 2.33.